The van der Waals surface area contributed by atoms with Gasteiger partial charge in [-0.1, -0.05) is 27.2 Å². The highest BCUT2D eigenvalue weighted by molar-refractivity contribution is 4.82. The molecule has 0 heterocycles. The maximum atomic E-state index is 9.15. The van der Waals surface area contributed by atoms with Gasteiger partial charge in [0.05, 0.1) is 12.2 Å². The van der Waals surface area contributed by atoms with Gasteiger partial charge in [0, 0.05) is 7.11 Å². The Kier molecular flexibility index (Phi) is 4.69. The SMILES string of the molecule is CCC[C@@](CO)(OC)C(C)C. The predicted molar refractivity (Wildman–Crippen MR) is 46.6 cm³/mol. The molecule has 1 N–H and O–H groups in total. The van der Waals surface area contributed by atoms with Gasteiger partial charge < -0.3 is 9.84 Å². The molecule has 0 amide bonds. The standard InChI is InChI=1S/C9H20O2/c1-5-6-9(7-10,11-4)8(2)3/h8,10H,5-7H2,1-4H3/t9-/m0/s1. The molecule has 0 aromatic rings. The van der Waals surface area contributed by atoms with Crippen LogP contribution in [0, 0.1) is 5.92 Å². The lowest BCUT2D eigenvalue weighted by molar-refractivity contribution is -0.0899. The van der Waals surface area contributed by atoms with Crippen molar-refractivity contribution in [3.05, 3.63) is 0 Å². The maximum Gasteiger partial charge on any atom is 0.0930 e. The largest absolute Gasteiger partial charge is 0.393 e. The van der Waals surface area contributed by atoms with Crippen LogP contribution in [0.4, 0.5) is 0 Å². The number of hydrogen-bond donors (Lipinski definition) is 1. The van der Waals surface area contributed by atoms with E-state index < -0.39 is 0 Å². The molecule has 0 saturated carbocycles. The van der Waals surface area contributed by atoms with Crippen molar-refractivity contribution in [2.75, 3.05) is 13.7 Å². The van der Waals surface area contributed by atoms with Crippen LogP contribution in [0.15, 0.2) is 0 Å². The third-order valence-electron chi connectivity index (χ3n) is 2.40. The summed E-state index contributed by atoms with van der Waals surface area (Å²) in [6, 6.07) is 0. The molecule has 0 spiro atoms. The van der Waals surface area contributed by atoms with Crippen LogP contribution in [-0.4, -0.2) is 24.4 Å². The fraction of sp³-hybridized carbons (Fsp3) is 1.00. The number of methoxy groups -OCH3 is 1. The normalized spacial score (nSPS) is 16.9. The fourth-order valence-corrected chi connectivity index (χ4v) is 1.38. The van der Waals surface area contributed by atoms with Crippen molar-refractivity contribution in [2.24, 2.45) is 5.92 Å². The topological polar surface area (TPSA) is 29.5 Å². The Morgan fingerprint density at radius 2 is 2.00 bits per heavy atom. The van der Waals surface area contributed by atoms with Gasteiger partial charge in [-0.3, -0.25) is 0 Å². The molecule has 1 atom stereocenters. The molecule has 0 aliphatic rings. The first-order chi connectivity index (χ1) is 5.13. The van der Waals surface area contributed by atoms with Crippen LogP contribution in [0.5, 0.6) is 0 Å². The van der Waals surface area contributed by atoms with Crippen LogP contribution in [0.25, 0.3) is 0 Å². The van der Waals surface area contributed by atoms with Gasteiger partial charge in [-0.05, 0) is 12.3 Å². The molecule has 11 heavy (non-hydrogen) atoms. The summed E-state index contributed by atoms with van der Waals surface area (Å²) in [4.78, 5) is 0. The van der Waals surface area contributed by atoms with Gasteiger partial charge in [0.15, 0.2) is 0 Å². The van der Waals surface area contributed by atoms with E-state index in [9.17, 15) is 0 Å². The van der Waals surface area contributed by atoms with Crippen molar-refractivity contribution in [1.82, 2.24) is 0 Å². The van der Waals surface area contributed by atoms with Crippen molar-refractivity contribution in [1.29, 1.82) is 0 Å². The number of rotatable bonds is 5. The molecule has 0 unspecified atom stereocenters. The van der Waals surface area contributed by atoms with E-state index >= 15 is 0 Å². The summed E-state index contributed by atoms with van der Waals surface area (Å²) in [6.45, 7) is 6.38. The van der Waals surface area contributed by atoms with E-state index in [0.29, 0.717) is 5.92 Å². The summed E-state index contributed by atoms with van der Waals surface area (Å²) in [5.41, 5.74) is -0.311. The quantitative estimate of drug-likeness (QED) is 0.664. The van der Waals surface area contributed by atoms with Crippen molar-refractivity contribution in [2.45, 2.75) is 39.2 Å². The molecule has 0 aliphatic carbocycles. The van der Waals surface area contributed by atoms with Gasteiger partial charge in [-0.15, -0.1) is 0 Å². The lowest BCUT2D eigenvalue weighted by Crippen LogP contribution is -2.41. The van der Waals surface area contributed by atoms with Crippen molar-refractivity contribution in [3.8, 4) is 0 Å². The van der Waals surface area contributed by atoms with Crippen molar-refractivity contribution < 1.29 is 9.84 Å². The lowest BCUT2D eigenvalue weighted by atomic mass is 9.87. The summed E-state index contributed by atoms with van der Waals surface area (Å²) in [5, 5.41) is 9.15. The highest BCUT2D eigenvalue weighted by Gasteiger charge is 2.31. The summed E-state index contributed by atoms with van der Waals surface area (Å²) in [5.74, 6) is 0.373. The van der Waals surface area contributed by atoms with Crippen LogP contribution < -0.4 is 0 Å². The van der Waals surface area contributed by atoms with E-state index in [2.05, 4.69) is 20.8 Å². The minimum atomic E-state index is -0.311. The minimum absolute atomic E-state index is 0.120. The first-order valence-corrected chi connectivity index (χ1v) is 4.29. The third kappa shape index (κ3) is 2.46. The monoisotopic (exact) mass is 160 g/mol. The molecular weight excluding hydrogens is 140 g/mol. The second-order valence-corrected chi connectivity index (χ2v) is 3.33. The zero-order valence-electron chi connectivity index (χ0n) is 8.05. The van der Waals surface area contributed by atoms with Gasteiger partial charge >= 0.3 is 0 Å². The summed E-state index contributed by atoms with van der Waals surface area (Å²) in [6.07, 6.45) is 1.98. The smallest absolute Gasteiger partial charge is 0.0930 e. The van der Waals surface area contributed by atoms with Crippen LogP contribution in [-0.2, 0) is 4.74 Å². The van der Waals surface area contributed by atoms with Gasteiger partial charge in [-0.25, -0.2) is 0 Å². The van der Waals surface area contributed by atoms with Gasteiger partial charge in [0.2, 0.25) is 0 Å². The second-order valence-electron chi connectivity index (χ2n) is 3.33. The Bertz CT molecular complexity index is 95.7. The van der Waals surface area contributed by atoms with Gasteiger partial charge in [0.25, 0.3) is 0 Å². The number of hydrogen-bond acceptors (Lipinski definition) is 2. The van der Waals surface area contributed by atoms with Gasteiger partial charge in [0.1, 0.15) is 0 Å². The Balaban J connectivity index is 4.20. The van der Waals surface area contributed by atoms with Crippen LogP contribution >= 0.6 is 0 Å². The zero-order chi connectivity index (χ0) is 8.91. The molecule has 0 radical (unpaired) electrons. The molecule has 2 heteroatoms. The molecule has 0 aliphatic heterocycles. The number of aliphatic hydroxyl groups excluding tert-OH is 1. The molecule has 68 valence electrons. The third-order valence-corrected chi connectivity index (χ3v) is 2.40. The summed E-state index contributed by atoms with van der Waals surface area (Å²) in [7, 11) is 1.67. The van der Waals surface area contributed by atoms with E-state index in [0.717, 1.165) is 12.8 Å². The summed E-state index contributed by atoms with van der Waals surface area (Å²) >= 11 is 0. The van der Waals surface area contributed by atoms with E-state index in [4.69, 9.17) is 9.84 Å². The molecule has 0 aromatic carbocycles. The van der Waals surface area contributed by atoms with E-state index in [1.807, 2.05) is 0 Å². The maximum absolute atomic E-state index is 9.15. The number of aliphatic hydroxyl groups is 1. The van der Waals surface area contributed by atoms with E-state index in [-0.39, 0.29) is 12.2 Å². The molecular formula is C9H20O2. The van der Waals surface area contributed by atoms with Gasteiger partial charge in [-0.2, -0.15) is 0 Å². The Labute approximate surface area is 69.6 Å². The van der Waals surface area contributed by atoms with Crippen LogP contribution in [0.1, 0.15) is 33.6 Å². The average molecular weight is 160 g/mol. The fourth-order valence-electron chi connectivity index (χ4n) is 1.38. The molecule has 0 saturated heterocycles. The highest BCUT2D eigenvalue weighted by Crippen LogP contribution is 2.25. The lowest BCUT2D eigenvalue weighted by Gasteiger charge is -2.34. The average Bonchev–Trinajstić information content (AvgIpc) is 2.00. The molecule has 2 nitrogen and oxygen atoms in total. The van der Waals surface area contributed by atoms with Crippen LogP contribution in [0.3, 0.4) is 0 Å². The first kappa shape index (κ1) is 10.9. The summed E-state index contributed by atoms with van der Waals surface area (Å²) < 4.78 is 5.34. The van der Waals surface area contributed by atoms with E-state index in [1.165, 1.54) is 0 Å². The molecule has 0 aromatic heterocycles. The van der Waals surface area contributed by atoms with Crippen LogP contribution in [0.2, 0.25) is 0 Å². The minimum Gasteiger partial charge on any atom is -0.393 e. The second kappa shape index (κ2) is 4.73. The Hall–Kier alpha value is -0.0800. The first-order valence-electron chi connectivity index (χ1n) is 4.29. The Morgan fingerprint density at radius 1 is 1.45 bits per heavy atom. The molecule has 0 rings (SSSR count). The highest BCUT2D eigenvalue weighted by atomic mass is 16.5. The van der Waals surface area contributed by atoms with Crippen molar-refractivity contribution in [3.63, 3.8) is 0 Å². The molecule has 0 fully saturated rings. The predicted octanol–water partition coefficient (Wildman–Crippen LogP) is 1.82. The van der Waals surface area contributed by atoms with E-state index in [1.54, 1.807) is 7.11 Å². The molecule has 0 bridgehead atoms. The zero-order valence-corrected chi connectivity index (χ0v) is 8.05. The number of ether oxygens (including phenoxy) is 1. The van der Waals surface area contributed by atoms with Crippen molar-refractivity contribution >= 4 is 0 Å². The Morgan fingerprint density at radius 3 is 2.09 bits per heavy atom.